The predicted octanol–water partition coefficient (Wildman–Crippen LogP) is 3.48. The molecule has 2 N–H and O–H groups in total. The molecule has 24 heavy (non-hydrogen) atoms. The number of carbonyl (C=O) groups is 1. The molecule has 2 aromatic rings. The molecule has 1 amide bonds. The molecule has 0 aliphatic carbocycles. The number of nitrogens with one attached hydrogen (secondary N) is 2. The fourth-order valence-electron chi connectivity index (χ4n) is 3.14. The fraction of sp³-hybridized carbons (Fsp3) is 0.350. The van der Waals surface area contributed by atoms with Gasteiger partial charge in [0.05, 0.1) is 11.3 Å². The van der Waals surface area contributed by atoms with Crippen LogP contribution >= 0.6 is 0 Å². The first-order valence-electron chi connectivity index (χ1n) is 8.48. The van der Waals surface area contributed by atoms with Crippen molar-refractivity contribution < 1.29 is 4.79 Å². The van der Waals surface area contributed by atoms with Gasteiger partial charge in [-0.05, 0) is 56.1 Å². The van der Waals surface area contributed by atoms with Crippen molar-refractivity contribution in [2.24, 2.45) is 0 Å². The van der Waals surface area contributed by atoms with Crippen LogP contribution in [0.1, 0.15) is 27.9 Å². The minimum Gasteiger partial charge on any atom is -0.355 e. The number of hydrogen-bond donors (Lipinski definition) is 2. The largest absolute Gasteiger partial charge is 0.355 e. The van der Waals surface area contributed by atoms with Crippen LogP contribution in [-0.4, -0.2) is 37.0 Å². The molecule has 2 aromatic carbocycles. The molecule has 1 aliphatic heterocycles. The molecule has 1 unspecified atom stereocenters. The van der Waals surface area contributed by atoms with E-state index in [9.17, 15) is 4.79 Å². The third kappa shape index (κ3) is 3.29. The van der Waals surface area contributed by atoms with Crippen molar-refractivity contribution in [3.63, 3.8) is 0 Å². The Morgan fingerprint density at radius 2 is 1.88 bits per heavy atom. The topological polar surface area (TPSA) is 44.4 Å². The highest BCUT2D eigenvalue weighted by Crippen LogP contribution is 2.26. The molecule has 0 spiro atoms. The van der Waals surface area contributed by atoms with E-state index >= 15 is 0 Å². The van der Waals surface area contributed by atoms with Gasteiger partial charge in [-0.25, -0.2) is 0 Å². The number of para-hydroxylation sites is 1. The Labute approximate surface area is 143 Å². The summed E-state index contributed by atoms with van der Waals surface area (Å²) < 4.78 is 0. The van der Waals surface area contributed by atoms with Gasteiger partial charge in [-0.15, -0.1) is 0 Å². The molecule has 1 heterocycles. The number of carbonyl (C=O) groups excluding carboxylic acids is 1. The Bertz CT molecular complexity index is 735. The van der Waals surface area contributed by atoms with Gasteiger partial charge in [-0.3, -0.25) is 4.79 Å². The Morgan fingerprint density at radius 3 is 2.62 bits per heavy atom. The van der Waals surface area contributed by atoms with Crippen LogP contribution < -0.4 is 10.6 Å². The standard InChI is InChI=1S/C20H25N3O/c1-14-7-6-10-18(15(14)2)22-19-9-5-4-8-17(19)20(24)23(3)16-11-12-21-13-16/h4-10,16,21-22H,11-13H2,1-3H3. The number of amides is 1. The summed E-state index contributed by atoms with van der Waals surface area (Å²) in [5, 5.41) is 6.76. The van der Waals surface area contributed by atoms with Crippen molar-refractivity contribution >= 4 is 17.3 Å². The van der Waals surface area contributed by atoms with Gasteiger partial charge >= 0.3 is 0 Å². The highest BCUT2D eigenvalue weighted by atomic mass is 16.2. The molecule has 0 aromatic heterocycles. The first-order chi connectivity index (χ1) is 11.6. The van der Waals surface area contributed by atoms with Gasteiger partial charge in [0.25, 0.3) is 5.91 Å². The lowest BCUT2D eigenvalue weighted by molar-refractivity contribution is 0.0745. The van der Waals surface area contributed by atoms with Gasteiger partial charge in [0.15, 0.2) is 0 Å². The third-order valence-corrected chi connectivity index (χ3v) is 4.93. The third-order valence-electron chi connectivity index (χ3n) is 4.93. The number of anilines is 2. The zero-order valence-electron chi connectivity index (χ0n) is 14.6. The van der Waals surface area contributed by atoms with Crippen molar-refractivity contribution in [1.82, 2.24) is 10.2 Å². The van der Waals surface area contributed by atoms with E-state index in [1.54, 1.807) is 0 Å². The van der Waals surface area contributed by atoms with Crippen molar-refractivity contribution in [1.29, 1.82) is 0 Å². The summed E-state index contributed by atoms with van der Waals surface area (Å²) in [6, 6.07) is 14.2. The SMILES string of the molecule is Cc1cccc(Nc2ccccc2C(=O)N(C)C2CCNC2)c1C. The van der Waals surface area contributed by atoms with Gasteiger partial charge in [0.1, 0.15) is 0 Å². The van der Waals surface area contributed by atoms with Crippen LogP contribution in [0.5, 0.6) is 0 Å². The molecule has 0 saturated carbocycles. The van der Waals surface area contributed by atoms with Crippen LogP contribution in [0, 0.1) is 13.8 Å². The average Bonchev–Trinajstić information content (AvgIpc) is 3.13. The molecular weight excluding hydrogens is 298 g/mol. The average molecular weight is 323 g/mol. The molecule has 1 saturated heterocycles. The van der Waals surface area contributed by atoms with Crippen LogP contribution in [0.15, 0.2) is 42.5 Å². The molecule has 126 valence electrons. The van der Waals surface area contributed by atoms with E-state index in [1.807, 2.05) is 48.3 Å². The lowest BCUT2D eigenvalue weighted by Gasteiger charge is -2.25. The quantitative estimate of drug-likeness (QED) is 0.905. The zero-order chi connectivity index (χ0) is 17.1. The number of nitrogens with zero attached hydrogens (tertiary/aromatic N) is 1. The first kappa shape index (κ1) is 16.5. The van der Waals surface area contributed by atoms with E-state index in [-0.39, 0.29) is 11.9 Å². The van der Waals surface area contributed by atoms with Crippen LogP contribution in [0.3, 0.4) is 0 Å². The highest BCUT2D eigenvalue weighted by molar-refractivity contribution is 6.00. The summed E-state index contributed by atoms with van der Waals surface area (Å²) in [4.78, 5) is 14.8. The molecule has 1 fully saturated rings. The number of aryl methyl sites for hydroxylation is 1. The van der Waals surface area contributed by atoms with Gasteiger partial charge < -0.3 is 15.5 Å². The Balaban J connectivity index is 1.87. The summed E-state index contributed by atoms with van der Waals surface area (Å²) >= 11 is 0. The fourth-order valence-corrected chi connectivity index (χ4v) is 3.14. The van der Waals surface area contributed by atoms with Crippen molar-refractivity contribution in [2.75, 3.05) is 25.5 Å². The number of hydrogen-bond acceptors (Lipinski definition) is 3. The minimum atomic E-state index is 0.0668. The Hall–Kier alpha value is -2.33. The first-order valence-corrected chi connectivity index (χ1v) is 8.48. The maximum Gasteiger partial charge on any atom is 0.255 e. The monoisotopic (exact) mass is 323 g/mol. The van der Waals surface area contributed by atoms with Crippen LogP contribution in [-0.2, 0) is 0 Å². The summed E-state index contributed by atoms with van der Waals surface area (Å²) in [5.41, 5.74) is 5.05. The van der Waals surface area contributed by atoms with E-state index in [4.69, 9.17) is 0 Å². The van der Waals surface area contributed by atoms with E-state index in [1.165, 1.54) is 11.1 Å². The maximum atomic E-state index is 13.0. The summed E-state index contributed by atoms with van der Waals surface area (Å²) in [6.45, 7) is 6.04. The van der Waals surface area contributed by atoms with Crippen LogP contribution in [0.4, 0.5) is 11.4 Å². The van der Waals surface area contributed by atoms with E-state index in [2.05, 4.69) is 30.5 Å². The van der Waals surface area contributed by atoms with Crippen molar-refractivity contribution in [3.8, 4) is 0 Å². The second-order valence-electron chi connectivity index (χ2n) is 6.48. The van der Waals surface area contributed by atoms with E-state index in [0.717, 1.165) is 30.9 Å². The Morgan fingerprint density at radius 1 is 1.12 bits per heavy atom. The van der Waals surface area contributed by atoms with E-state index in [0.29, 0.717) is 5.56 Å². The molecule has 4 nitrogen and oxygen atoms in total. The van der Waals surface area contributed by atoms with Crippen LogP contribution in [0.2, 0.25) is 0 Å². The summed E-state index contributed by atoms with van der Waals surface area (Å²) in [6.07, 6.45) is 1.01. The van der Waals surface area contributed by atoms with Crippen LogP contribution in [0.25, 0.3) is 0 Å². The number of likely N-dealkylation sites (N-methyl/N-ethyl adjacent to an activating group) is 1. The molecule has 0 bridgehead atoms. The van der Waals surface area contributed by atoms with Gasteiger partial charge in [-0.1, -0.05) is 24.3 Å². The predicted molar refractivity (Wildman–Crippen MR) is 99.0 cm³/mol. The second kappa shape index (κ2) is 7.05. The highest BCUT2D eigenvalue weighted by Gasteiger charge is 2.25. The lowest BCUT2D eigenvalue weighted by Crippen LogP contribution is -2.38. The van der Waals surface area contributed by atoms with Gasteiger partial charge in [0.2, 0.25) is 0 Å². The zero-order valence-corrected chi connectivity index (χ0v) is 14.6. The van der Waals surface area contributed by atoms with Crippen molar-refractivity contribution in [2.45, 2.75) is 26.3 Å². The lowest BCUT2D eigenvalue weighted by atomic mass is 10.1. The minimum absolute atomic E-state index is 0.0668. The van der Waals surface area contributed by atoms with Gasteiger partial charge in [-0.2, -0.15) is 0 Å². The Kier molecular flexibility index (Phi) is 4.86. The summed E-state index contributed by atoms with van der Waals surface area (Å²) in [5.74, 6) is 0.0668. The summed E-state index contributed by atoms with van der Waals surface area (Å²) in [7, 11) is 1.90. The normalized spacial score (nSPS) is 16.9. The maximum absolute atomic E-state index is 13.0. The molecular formula is C20H25N3O. The number of benzene rings is 2. The second-order valence-corrected chi connectivity index (χ2v) is 6.48. The smallest absolute Gasteiger partial charge is 0.255 e. The molecule has 4 heteroatoms. The van der Waals surface area contributed by atoms with Gasteiger partial charge in [0, 0.05) is 25.3 Å². The molecule has 1 aliphatic rings. The van der Waals surface area contributed by atoms with Crippen molar-refractivity contribution in [3.05, 3.63) is 59.2 Å². The molecule has 3 rings (SSSR count). The number of rotatable bonds is 4. The molecule has 1 atom stereocenters. The van der Waals surface area contributed by atoms with E-state index < -0.39 is 0 Å². The molecule has 0 radical (unpaired) electrons.